The maximum absolute atomic E-state index is 10.8. The van der Waals surface area contributed by atoms with E-state index in [1.54, 1.807) is 0 Å². The third-order valence-corrected chi connectivity index (χ3v) is 3.36. The molecule has 5 N–H and O–H groups in total. The summed E-state index contributed by atoms with van der Waals surface area (Å²) >= 11 is 0. The Kier molecular flexibility index (Phi) is 2.74. The largest absolute Gasteiger partial charge is 0.480 e. The summed E-state index contributed by atoms with van der Waals surface area (Å²) in [6.45, 7) is -0.118. The molecule has 1 unspecified atom stereocenters. The summed E-state index contributed by atoms with van der Waals surface area (Å²) in [6, 6.07) is -1.38. The molecule has 76 valence electrons. The molecule has 1 saturated heterocycles. The third-order valence-electron chi connectivity index (χ3n) is 1.94. The highest BCUT2D eigenvalue weighted by molar-refractivity contribution is 7.52. The van der Waals surface area contributed by atoms with Crippen LogP contribution in [0.2, 0.25) is 0 Å². The second kappa shape index (κ2) is 3.36. The van der Waals surface area contributed by atoms with E-state index in [1.165, 1.54) is 0 Å². The minimum Gasteiger partial charge on any atom is -0.480 e. The predicted molar refractivity (Wildman–Crippen MR) is 41.3 cm³/mol. The van der Waals surface area contributed by atoms with Crippen molar-refractivity contribution >= 4 is 13.6 Å². The van der Waals surface area contributed by atoms with Gasteiger partial charge in [-0.1, -0.05) is 0 Å². The Hall–Kier alpha value is -0.460. The first kappa shape index (κ1) is 10.6. The quantitative estimate of drug-likeness (QED) is 0.332. The number of rotatable bonds is 2. The fraction of sp³-hybridized carbons (Fsp3) is 0.800. The molecule has 0 spiro atoms. The van der Waals surface area contributed by atoms with E-state index in [1.807, 2.05) is 0 Å². The van der Waals surface area contributed by atoms with Crippen LogP contribution in [0, 0.1) is 0 Å². The summed E-state index contributed by atoms with van der Waals surface area (Å²) in [4.78, 5) is 28.0. The van der Waals surface area contributed by atoms with Crippen LogP contribution < -0.4 is 5.32 Å². The fourth-order valence-corrected chi connectivity index (χ4v) is 2.54. The van der Waals surface area contributed by atoms with Crippen molar-refractivity contribution in [3.63, 3.8) is 0 Å². The summed E-state index contributed by atoms with van der Waals surface area (Å²) < 4.78 is 10.8. The van der Waals surface area contributed by atoms with Crippen molar-refractivity contribution in [2.45, 2.75) is 17.8 Å². The summed E-state index contributed by atoms with van der Waals surface area (Å²) in [7, 11) is -4.57. The van der Waals surface area contributed by atoms with E-state index in [4.69, 9.17) is 20.0 Å². The molecule has 1 aliphatic heterocycles. The van der Waals surface area contributed by atoms with E-state index in [-0.39, 0.29) is 6.54 Å². The molecule has 1 rings (SSSR count). The lowest BCUT2D eigenvalue weighted by molar-refractivity contribution is -0.139. The van der Waals surface area contributed by atoms with E-state index < -0.39 is 31.4 Å². The maximum atomic E-state index is 10.8. The molecule has 13 heavy (non-hydrogen) atoms. The molecule has 7 nitrogen and oxygen atoms in total. The van der Waals surface area contributed by atoms with E-state index in [0.717, 1.165) is 0 Å². The molecule has 0 aromatic rings. The van der Waals surface area contributed by atoms with E-state index in [0.29, 0.717) is 0 Å². The molecule has 0 saturated carbocycles. The van der Waals surface area contributed by atoms with Gasteiger partial charge >= 0.3 is 13.6 Å². The average molecular weight is 211 g/mol. The standard InChI is InChI=1S/C5H10NO6P/c7-2-1-6-3(5(8)9)4(2)13(10,11)12/h2-4,6-7H,1H2,(H,8,9)(H2,10,11,12)/t2-,3-,4?/m0/s1. The molecule has 1 fully saturated rings. The molecule has 0 amide bonds. The molecule has 0 radical (unpaired) electrons. The predicted octanol–water partition coefficient (Wildman–Crippen LogP) is -2.05. The SMILES string of the molecule is O=C(O)[C@H]1NC[C@H](O)C1P(=O)(O)O. The molecule has 1 heterocycles. The van der Waals surface area contributed by atoms with Gasteiger partial charge in [-0.15, -0.1) is 0 Å². The Morgan fingerprint density at radius 3 is 2.31 bits per heavy atom. The molecule has 0 aromatic carbocycles. The van der Waals surface area contributed by atoms with Crippen LogP contribution in [-0.2, 0) is 9.36 Å². The topological polar surface area (TPSA) is 127 Å². The molecule has 0 bridgehead atoms. The van der Waals surface area contributed by atoms with Crippen molar-refractivity contribution in [3.8, 4) is 0 Å². The lowest BCUT2D eigenvalue weighted by Crippen LogP contribution is -2.39. The number of hydrogen-bond donors (Lipinski definition) is 5. The van der Waals surface area contributed by atoms with Crippen molar-refractivity contribution in [3.05, 3.63) is 0 Å². The fourth-order valence-electron chi connectivity index (χ4n) is 1.36. The zero-order valence-electron chi connectivity index (χ0n) is 6.49. The Bertz CT molecular complexity index is 262. The Morgan fingerprint density at radius 1 is 1.46 bits per heavy atom. The highest BCUT2D eigenvalue weighted by atomic mass is 31.2. The van der Waals surface area contributed by atoms with Gasteiger partial charge in [0.25, 0.3) is 0 Å². The molecule has 3 atom stereocenters. The lowest BCUT2D eigenvalue weighted by Gasteiger charge is -2.18. The van der Waals surface area contributed by atoms with Crippen LogP contribution in [0.25, 0.3) is 0 Å². The minimum atomic E-state index is -4.57. The summed E-state index contributed by atoms with van der Waals surface area (Å²) in [5.41, 5.74) is -1.55. The molecule has 1 aliphatic rings. The first-order valence-corrected chi connectivity index (χ1v) is 5.21. The lowest BCUT2D eigenvalue weighted by atomic mass is 10.2. The normalized spacial score (nSPS) is 34.8. The Morgan fingerprint density at radius 2 is 2.00 bits per heavy atom. The van der Waals surface area contributed by atoms with Crippen molar-refractivity contribution in [1.82, 2.24) is 5.32 Å². The van der Waals surface area contributed by atoms with Gasteiger partial charge < -0.3 is 25.3 Å². The first-order chi connectivity index (χ1) is 5.84. The Labute approximate surface area is 73.5 Å². The van der Waals surface area contributed by atoms with Crippen LogP contribution in [0.1, 0.15) is 0 Å². The van der Waals surface area contributed by atoms with E-state index in [9.17, 15) is 9.36 Å². The zero-order valence-corrected chi connectivity index (χ0v) is 7.39. The van der Waals surface area contributed by atoms with Crippen molar-refractivity contribution in [2.24, 2.45) is 0 Å². The molecule has 0 aliphatic carbocycles. The number of aliphatic carboxylic acids is 1. The highest BCUT2D eigenvalue weighted by Gasteiger charge is 2.49. The summed E-state index contributed by atoms with van der Waals surface area (Å²) in [5.74, 6) is -1.37. The van der Waals surface area contributed by atoms with Crippen LogP contribution in [-0.4, -0.2) is 50.3 Å². The first-order valence-electron chi connectivity index (χ1n) is 3.53. The number of carboxylic acids is 1. The van der Waals surface area contributed by atoms with E-state index >= 15 is 0 Å². The van der Waals surface area contributed by atoms with Gasteiger partial charge in [0.1, 0.15) is 11.7 Å². The van der Waals surface area contributed by atoms with Crippen LogP contribution in [0.4, 0.5) is 0 Å². The Balaban J connectivity index is 2.90. The second-order valence-corrected chi connectivity index (χ2v) is 4.65. The summed E-state index contributed by atoms with van der Waals surface area (Å²) in [6.07, 6.45) is -1.32. The number of aliphatic hydroxyl groups is 1. The third kappa shape index (κ3) is 2.07. The number of hydrogen-bond acceptors (Lipinski definition) is 4. The van der Waals surface area contributed by atoms with Gasteiger partial charge in [0.2, 0.25) is 0 Å². The van der Waals surface area contributed by atoms with Gasteiger partial charge in [-0.25, -0.2) is 0 Å². The van der Waals surface area contributed by atoms with Gasteiger partial charge in [-0.05, 0) is 0 Å². The summed E-state index contributed by atoms with van der Waals surface area (Å²) in [5, 5.41) is 20.0. The smallest absolute Gasteiger partial charge is 0.333 e. The number of nitrogens with one attached hydrogen (secondary N) is 1. The van der Waals surface area contributed by atoms with Gasteiger partial charge in [0.05, 0.1) is 6.10 Å². The number of carbonyl (C=O) groups is 1. The number of carboxylic acid groups (broad SMARTS) is 1. The zero-order chi connectivity index (χ0) is 10.2. The minimum absolute atomic E-state index is 0.118. The number of β-amino-alcohol motifs (C(OH)–C–C–N with tert-alkyl or cyclic N) is 1. The molecule has 0 aromatic heterocycles. The van der Waals surface area contributed by atoms with Gasteiger partial charge in [0.15, 0.2) is 0 Å². The maximum Gasteiger partial charge on any atom is 0.333 e. The monoisotopic (exact) mass is 211 g/mol. The molecular weight excluding hydrogens is 201 g/mol. The van der Waals surface area contributed by atoms with Gasteiger partial charge in [-0.3, -0.25) is 9.36 Å². The van der Waals surface area contributed by atoms with Crippen LogP contribution >= 0.6 is 7.60 Å². The van der Waals surface area contributed by atoms with Crippen molar-refractivity contribution < 1.29 is 29.4 Å². The van der Waals surface area contributed by atoms with Crippen molar-refractivity contribution in [1.29, 1.82) is 0 Å². The van der Waals surface area contributed by atoms with Crippen LogP contribution in [0.5, 0.6) is 0 Å². The van der Waals surface area contributed by atoms with E-state index in [2.05, 4.69) is 5.32 Å². The average Bonchev–Trinajstić information content (AvgIpc) is 2.28. The molecule has 8 heteroatoms. The van der Waals surface area contributed by atoms with Crippen LogP contribution in [0.15, 0.2) is 0 Å². The molecular formula is C5H10NO6P. The highest BCUT2D eigenvalue weighted by Crippen LogP contribution is 2.46. The van der Waals surface area contributed by atoms with Gasteiger partial charge in [-0.2, -0.15) is 0 Å². The van der Waals surface area contributed by atoms with Gasteiger partial charge in [0, 0.05) is 6.54 Å². The van der Waals surface area contributed by atoms with Crippen LogP contribution in [0.3, 0.4) is 0 Å². The second-order valence-electron chi connectivity index (χ2n) is 2.87. The number of aliphatic hydroxyl groups excluding tert-OH is 1. The van der Waals surface area contributed by atoms with Crippen molar-refractivity contribution in [2.75, 3.05) is 6.54 Å².